The van der Waals surface area contributed by atoms with Crippen molar-refractivity contribution < 1.29 is 104 Å². The lowest BCUT2D eigenvalue weighted by Gasteiger charge is -2.50. The van der Waals surface area contributed by atoms with Crippen LogP contribution in [-0.2, 0) is 42.8 Å². The van der Waals surface area contributed by atoms with Crippen LogP contribution in [0.1, 0.15) is 303 Å². The average Bonchev–Trinajstić information content (AvgIpc) is 0.757. The van der Waals surface area contributed by atoms with E-state index in [1.165, 1.54) is 205 Å². The maximum atomic E-state index is 13.5. The molecule has 18 atom stereocenters. The van der Waals surface area contributed by atoms with Gasteiger partial charge in [-0.25, -0.2) is 4.79 Å². The zero-order valence-corrected chi connectivity index (χ0v) is 58.8. The number of ether oxygens (including phenoxy) is 6. The second-order valence-electron chi connectivity index (χ2n) is 27.9. The summed E-state index contributed by atoms with van der Waals surface area (Å²) in [6.45, 7) is 2.24. The van der Waals surface area contributed by atoms with E-state index in [0.29, 0.717) is 19.3 Å². The predicted octanol–water partition coefficient (Wildman–Crippen LogP) is 8.46. The number of amides is 2. The largest absolute Gasteiger partial charge is 0.477 e. The Balaban J connectivity index is 1.52. The molecule has 0 aromatic carbocycles. The summed E-state index contributed by atoms with van der Waals surface area (Å²) in [7, 11) is 0. The number of carbonyl (C=O) groups is 3. The van der Waals surface area contributed by atoms with Gasteiger partial charge in [-0.3, -0.25) is 9.59 Å². The van der Waals surface area contributed by atoms with Gasteiger partial charge in [0.15, 0.2) is 12.6 Å². The predicted molar refractivity (Wildman–Crippen MR) is 362 cm³/mol. The molecule has 14 N–H and O–H groups in total. The van der Waals surface area contributed by atoms with Crippen molar-refractivity contribution in [3.63, 3.8) is 0 Å². The van der Waals surface area contributed by atoms with E-state index in [1.807, 2.05) is 0 Å². The standard InChI is InChI=1S/C72H136N2O21/c1-4-6-8-10-12-14-16-18-20-21-22-23-24-25-26-27-28-29-30-32-34-36-38-40-42-44-46-59(82)74-53(54(79)45-43-41-39-37-35-33-31-19-17-15-13-11-9-7-5-2)51-90-69-64(86)63(85)66(58(50-77)92-69)93-70-65(87)68(62(84)57(49-76)91-70)95-72(71(88)89)47-55(80)60(73-52(3)78)67(94-72)61(83)56(81)48-75/h53-58,60-70,75-77,79-81,83-87H,4-51H2,1-3H3,(H,73,78)(H,74,82)(H,88,89). The molecule has 0 aromatic rings. The maximum Gasteiger partial charge on any atom is 0.364 e. The molecule has 3 rings (SSSR count). The molecule has 3 saturated heterocycles. The van der Waals surface area contributed by atoms with Crippen molar-refractivity contribution in [2.75, 3.05) is 26.4 Å². The summed E-state index contributed by atoms with van der Waals surface area (Å²) in [5.74, 6) is -6.09. The van der Waals surface area contributed by atoms with Gasteiger partial charge in [0.1, 0.15) is 67.1 Å². The maximum absolute atomic E-state index is 13.5. The summed E-state index contributed by atoms with van der Waals surface area (Å²) < 4.78 is 34.9. The van der Waals surface area contributed by atoms with Gasteiger partial charge in [0.2, 0.25) is 11.8 Å². The van der Waals surface area contributed by atoms with Gasteiger partial charge < -0.3 is 100 Å². The van der Waals surface area contributed by atoms with Crippen LogP contribution in [0.2, 0.25) is 0 Å². The van der Waals surface area contributed by atoms with E-state index in [4.69, 9.17) is 28.4 Å². The van der Waals surface area contributed by atoms with Crippen molar-refractivity contribution in [2.45, 2.75) is 413 Å². The minimum Gasteiger partial charge on any atom is -0.477 e. The minimum absolute atomic E-state index is 0.229. The number of nitrogens with one attached hydrogen (secondary N) is 2. The van der Waals surface area contributed by atoms with E-state index in [-0.39, 0.29) is 18.9 Å². The molecule has 23 nitrogen and oxygen atoms in total. The third-order valence-corrected chi connectivity index (χ3v) is 19.6. The van der Waals surface area contributed by atoms with E-state index >= 15 is 0 Å². The fourth-order valence-corrected chi connectivity index (χ4v) is 13.5. The van der Waals surface area contributed by atoms with Gasteiger partial charge in [-0.15, -0.1) is 0 Å². The van der Waals surface area contributed by atoms with E-state index in [1.54, 1.807) is 0 Å². The summed E-state index contributed by atoms with van der Waals surface area (Å²) in [4.78, 5) is 38.6. The number of hydrogen-bond donors (Lipinski definition) is 14. The minimum atomic E-state index is -3.08. The Labute approximate surface area is 569 Å². The first-order valence-corrected chi connectivity index (χ1v) is 37.9. The third kappa shape index (κ3) is 34.3. The summed E-state index contributed by atoms with van der Waals surface area (Å²) in [6, 6.07) is -2.52. The Morgan fingerprint density at radius 3 is 1.32 bits per heavy atom. The van der Waals surface area contributed by atoms with Crippen molar-refractivity contribution in [2.24, 2.45) is 0 Å². The quantitative estimate of drug-likeness (QED) is 0.0254. The number of aliphatic hydroxyl groups is 11. The number of aliphatic carboxylic acids is 1. The van der Waals surface area contributed by atoms with Crippen LogP contribution in [0.5, 0.6) is 0 Å². The molecular formula is C72H136N2O21. The fraction of sp³-hybridized carbons (Fsp3) is 0.958. The molecule has 0 aromatic heterocycles. The molecule has 3 heterocycles. The molecule has 3 aliphatic heterocycles. The lowest BCUT2D eigenvalue weighted by Crippen LogP contribution is -2.70. The molecule has 18 unspecified atom stereocenters. The SMILES string of the molecule is CCCCCCCCCCCCCCCCCCCCCCCCCCCCC(=O)NC(COC1OC(CO)C(OC2OC(CO)C(O)C(OC3(C(=O)O)CC(O)C(NC(C)=O)C(C(O)C(O)CO)O3)C2O)C(O)C1O)C(O)CCCCCCCCCCCCCCCCC. The highest BCUT2D eigenvalue weighted by atomic mass is 16.8. The molecule has 0 aliphatic carbocycles. The van der Waals surface area contributed by atoms with Gasteiger partial charge in [0, 0.05) is 19.8 Å². The molecule has 0 spiro atoms. The highest BCUT2D eigenvalue weighted by Gasteiger charge is 2.60. The van der Waals surface area contributed by atoms with Gasteiger partial charge in [-0.05, 0) is 12.8 Å². The summed E-state index contributed by atoms with van der Waals surface area (Å²) >= 11 is 0. The van der Waals surface area contributed by atoms with Gasteiger partial charge in [0.25, 0.3) is 5.79 Å². The highest BCUT2D eigenvalue weighted by Crippen LogP contribution is 2.39. The van der Waals surface area contributed by atoms with Crippen LogP contribution in [0.15, 0.2) is 0 Å². The normalized spacial score (nSPS) is 27.7. The first kappa shape index (κ1) is 86.9. The Hall–Kier alpha value is -2.27. The Kier molecular flexibility index (Phi) is 48.2. The molecule has 0 bridgehead atoms. The van der Waals surface area contributed by atoms with Crippen LogP contribution < -0.4 is 10.6 Å². The molecule has 3 fully saturated rings. The molecule has 23 heteroatoms. The van der Waals surface area contributed by atoms with Gasteiger partial charge in [-0.2, -0.15) is 0 Å². The van der Waals surface area contributed by atoms with E-state index in [2.05, 4.69) is 24.5 Å². The number of carboxylic acid groups (broad SMARTS) is 1. The van der Waals surface area contributed by atoms with Crippen molar-refractivity contribution in [1.29, 1.82) is 0 Å². The van der Waals surface area contributed by atoms with Crippen LogP contribution in [0.4, 0.5) is 0 Å². The first-order chi connectivity index (χ1) is 45.9. The molecule has 560 valence electrons. The topological polar surface area (TPSA) is 373 Å². The molecule has 0 saturated carbocycles. The van der Waals surface area contributed by atoms with Crippen molar-refractivity contribution >= 4 is 17.8 Å². The third-order valence-electron chi connectivity index (χ3n) is 19.6. The number of unbranched alkanes of at least 4 members (excludes halogenated alkanes) is 39. The molecule has 95 heavy (non-hydrogen) atoms. The lowest BCUT2D eigenvalue weighted by molar-refractivity contribution is -0.386. The molecule has 2 amide bonds. The van der Waals surface area contributed by atoms with Crippen LogP contribution >= 0.6 is 0 Å². The first-order valence-electron chi connectivity index (χ1n) is 37.9. The number of carbonyl (C=O) groups excluding carboxylic acids is 2. The fourth-order valence-electron chi connectivity index (χ4n) is 13.5. The van der Waals surface area contributed by atoms with Gasteiger partial charge in [-0.1, -0.05) is 271 Å². The summed E-state index contributed by atoms with van der Waals surface area (Å²) in [5, 5.41) is 136. The molecule has 3 aliphatic rings. The molecule has 0 radical (unpaired) electrons. The van der Waals surface area contributed by atoms with E-state index in [9.17, 15) is 75.7 Å². The Bertz CT molecular complexity index is 1910. The van der Waals surface area contributed by atoms with Gasteiger partial charge >= 0.3 is 5.97 Å². The Morgan fingerprint density at radius 1 is 0.505 bits per heavy atom. The summed E-state index contributed by atoms with van der Waals surface area (Å²) in [5.41, 5.74) is 0. The average molecular weight is 1370 g/mol. The number of rotatable bonds is 59. The van der Waals surface area contributed by atoms with Crippen molar-refractivity contribution in [3.8, 4) is 0 Å². The monoisotopic (exact) mass is 1360 g/mol. The van der Waals surface area contributed by atoms with E-state index in [0.717, 1.165) is 51.9 Å². The van der Waals surface area contributed by atoms with Crippen molar-refractivity contribution in [3.05, 3.63) is 0 Å². The zero-order valence-electron chi connectivity index (χ0n) is 58.8. The van der Waals surface area contributed by atoms with Crippen LogP contribution in [0.3, 0.4) is 0 Å². The van der Waals surface area contributed by atoms with Crippen LogP contribution in [-0.4, -0.2) is 215 Å². The highest BCUT2D eigenvalue weighted by molar-refractivity contribution is 5.77. The smallest absolute Gasteiger partial charge is 0.364 e. The molecular weight excluding hydrogens is 1230 g/mol. The van der Waals surface area contributed by atoms with Crippen molar-refractivity contribution in [1.82, 2.24) is 10.6 Å². The number of hydrogen-bond acceptors (Lipinski definition) is 20. The Morgan fingerprint density at radius 2 is 0.916 bits per heavy atom. The zero-order chi connectivity index (χ0) is 69.6. The van der Waals surface area contributed by atoms with Crippen LogP contribution in [0.25, 0.3) is 0 Å². The summed E-state index contributed by atoms with van der Waals surface area (Å²) in [6.07, 6.45) is 22.5. The second-order valence-corrected chi connectivity index (χ2v) is 27.9. The van der Waals surface area contributed by atoms with Gasteiger partial charge in [0.05, 0.1) is 50.7 Å². The second kappa shape index (κ2) is 52.7. The van der Waals surface area contributed by atoms with Crippen LogP contribution in [0, 0.1) is 0 Å². The number of aliphatic hydroxyl groups excluding tert-OH is 11. The lowest BCUT2D eigenvalue weighted by atomic mass is 9.88. The number of carboxylic acids is 1. The van der Waals surface area contributed by atoms with E-state index < -0.39 is 148 Å².